The van der Waals surface area contributed by atoms with E-state index in [0.717, 1.165) is 36.4 Å². The Morgan fingerprint density at radius 2 is 1.82 bits per heavy atom. The lowest BCUT2D eigenvalue weighted by Crippen LogP contribution is -2.15. The van der Waals surface area contributed by atoms with Gasteiger partial charge in [-0.05, 0) is 38.6 Å². The zero-order valence-electron chi connectivity index (χ0n) is 11.5. The topological polar surface area (TPSA) is 21.7 Å². The summed E-state index contributed by atoms with van der Waals surface area (Å²) < 4.78 is 10.9. The maximum atomic E-state index is 5.54. The minimum absolute atomic E-state index is 0.915. The minimum atomic E-state index is 0.915. The van der Waals surface area contributed by atoms with Gasteiger partial charge in [-0.3, -0.25) is 0 Å². The van der Waals surface area contributed by atoms with Crippen LogP contribution in [0, 0.1) is 0 Å². The van der Waals surface area contributed by atoms with E-state index in [4.69, 9.17) is 9.47 Å². The number of ether oxygens (including phenoxy) is 2. The van der Waals surface area contributed by atoms with Crippen molar-refractivity contribution in [1.82, 2.24) is 4.90 Å². The summed E-state index contributed by atoms with van der Waals surface area (Å²) in [7, 11) is 7.59. The molecule has 0 saturated carbocycles. The predicted molar refractivity (Wildman–Crippen MR) is 71.2 cm³/mol. The lowest BCUT2D eigenvalue weighted by Gasteiger charge is -2.17. The highest BCUT2D eigenvalue weighted by Gasteiger charge is 2.13. The van der Waals surface area contributed by atoms with Crippen LogP contribution in [0.1, 0.15) is 18.1 Å². The second-order valence-electron chi connectivity index (χ2n) is 4.35. The number of methoxy groups -OCH3 is 2. The molecule has 0 unspecified atom stereocenters. The molecule has 0 radical (unpaired) electrons. The van der Waals surface area contributed by atoms with Crippen molar-refractivity contribution in [2.45, 2.75) is 19.8 Å². The summed E-state index contributed by atoms with van der Waals surface area (Å²) in [4.78, 5) is 2.18. The monoisotopic (exact) mass is 237 g/mol. The van der Waals surface area contributed by atoms with E-state index in [0.29, 0.717) is 0 Å². The second kappa shape index (κ2) is 6.50. The number of nitrogens with zero attached hydrogens (tertiary/aromatic N) is 1. The third-order valence-corrected chi connectivity index (χ3v) is 2.91. The molecule has 0 aromatic heterocycles. The van der Waals surface area contributed by atoms with Crippen molar-refractivity contribution < 1.29 is 9.47 Å². The first-order chi connectivity index (χ1) is 8.13. The summed E-state index contributed by atoms with van der Waals surface area (Å²) in [6.45, 7) is 3.14. The average Bonchev–Trinajstić information content (AvgIpc) is 2.34. The van der Waals surface area contributed by atoms with Crippen molar-refractivity contribution in [3.8, 4) is 11.5 Å². The number of hydrogen-bond donors (Lipinski definition) is 0. The van der Waals surface area contributed by atoms with E-state index in [2.05, 4.69) is 32.0 Å². The Labute approximate surface area is 104 Å². The molecule has 0 fully saturated rings. The van der Waals surface area contributed by atoms with Crippen molar-refractivity contribution in [3.63, 3.8) is 0 Å². The van der Waals surface area contributed by atoms with E-state index in [1.807, 2.05) is 6.07 Å². The molecule has 1 aromatic rings. The molecular weight excluding hydrogens is 214 g/mol. The van der Waals surface area contributed by atoms with Crippen molar-refractivity contribution in [3.05, 3.63) is 23.3 Å². The molecule has 0 spiro atoms. The van der Waals surface area contributed by atoms with Gasteiger partial charge < -0.3 is 14.4 Å². The quantitative estimate of drug-likeness (QED) is 0.758. The van der Waals surface area contributed by atoms with Gasteiger partial charge in [0.25, 0.3) is 0 Å². The lowest BCUT2D eigenvalue weighted by atomic mass is 10.0. The highest BCUT2D eigenvalue weighted by Crippen LogP contribution is 2.32. The largest absolute Gasteiger partial charge is 0.496 e. The highest BCUT2D eigenvalue weighted by atomic mass is 16.5. The van der Waals surface area contributed by atoms with Crippen LogP contribution >= 0.6 is 0 Å². The fraction of sp³-hybridized carbons (Fsp3) is 0.571. The van der Waals surface area contributed by atoms with E-state index < -0.39 is 0 Å². The van der Waals surface area contributed by atoms with Gasteiger partial charge >= 0.3 is 0 Å². The molecule has 0 N–H and O–H groups in total. The molecule has 96 valence electrons. The maximum absolute atomic E-state index is 5.54. The third kappa shape index (κ3) is 3.37. The summed E-state index contributed by atoms with van der Waals surface area (Å²) in [5.41, 5.74) is 2.41. The van der Waals surface area contributed by atoms with Crippen molar-refractivity contribution in [2.24, 2.45) is 0 Å². The average molecular weight is 237 g/mol. The Morgan fingerprint density at radius 1 is 1.12 bits per heavy atom. The highest BCUT2D eigenvalue weighted by molar-refractivity contribution is 5.50. The second-order valence-corrected chi connectivity index (χ2v) is 4.35. The zero-order valence-corrected chi connectivity index (χ0v) is 11.5. The Kier molecular flexibility index (Phi) is 5.29. The lowest BCUT2D eigenvalue weighted by molar-refractivity contribution is 0.376. The van der Waals surface area contributed by atoms with Gasteiger partial charge in [0.15, 0.2) is 0 Å². The first-order valence-corrected chi connectivity index (χ1v) is 6.01. The van der Waals surface area contributed by atoms with Crippen LogP contribution in [0.5, 0.6) is 11.5 Å². The summed E-state index contributed by atoms with van der Waals surface area (Å²) >= 11 is 0. The molecule has 0 atom stereocenters. The summed E-state index contributed by atoms with van der Waals surface area (Å²) in [5.74, 6) is 1.90. The van der Waals surface area contributed by atoms with Crippen molar-refractivity contribution in [1.29, 1.82) is 0 Å². The van der Waals surface area contributed by atoms with Gasteiger partial charge in [0.1, 0.15) is 11.5 Å². The maximum Gasteiger partial charge on any atom is 0.128 e. The van der Waals surface area contributed by atoms with Crippen molar-refractivity contribution >= 4 is 0 Å². The number of likely N-dealkylation sites (N-methyl/N-ethyl adjacent to an activating group) is 1. The SMILES string of the molecule is CCc1c(OC)ccc(CCN(C)C)c1OC. The standard InChI is InChI=1S/C14H23NO2/c1-6-12-13(16-4)8-7-11(14(12)17-5)9-10-15(2)3/h7-8H,6,9-10H2,1-5H3. The Hall–Kier alpha value is -1.22. The van der Waals surface area contributed by atoms with Crippen LogP contribution in [-0.2, 0) is 12.8 Å². The van der Waals surface area contributed by atoms with Crippen LogP contribution in [0.4, 0.5) is 0 Å². The van der Waals surface area contributed by atoms with Gasteiger partial charge in [0.05, 0.1) is 14.2 Å². The van der Waals surface area contributed by atoms with E-state index in [1.165, 1.54) is 5.56 Å². The van der Waals surface area contributed by atoms with Crippen molar-refractivity contribution in [2.75, 3.05) is 34.9 Å². The molecule has 0 heterocycles. The predicted octanol–water partition coefficient (Wildman–Crippen LogP) is 2.37. The van der Waals surface area contributed by atoms with Crippen LogP contribution in [0.25, 0.3) is 0 Å². The van der Waals surface area contributed by atoms with E-state index in [-0.39, 0.29) is 0 Å². The van der Waals surface area contributed by atoms with Gasteiger partial charge in [-0.1, -0.05) is 13.0 Å². The molecule has 3 nitrogen and oxygen atoms in total. The molecule has 1 aromatic carbocycles. The molecule has 0 aliphatic heterocycles. The van der Waals surface area contributed by atoms with Gasteiger partial charge in [-0.2, -0.15) is 0 Å². The van der Waals surface area contributed by atoms with E-state index in [1.54, 1.807) is 14.2 Å². The number of benzene rings is 1. The minimum Gasteiger partial charge on any atom is -0.496 e. The number of rotatable bonds is 6. The Morgan fingerprint density at radius 3 is 2.29 bits per heavy atom. The first kappa shape index (κ1) is 13.8. The summed E-state index contributed by atoms with van der Waals surface area (Å²) in [5, 5.41) is 0. The van der Waals surface area contributed by atoms with Gasteiger partial charge in [-0.15, -0.1) is 0 Å². The molecule has 17 heavy (non-hydrogen) atoms. The molecular formula is C14H23NO2. The van der Waals surface area contributed by atoms with Gasteiger partial charge in [-0.25, -0.2) is 0 Å². The fourth-order valence-electron chi connectivity index (χ4n) is 1.98. The van der Waals surface area contributed by atoms with Crippen LogP contribution < -0.4 is 9.47 Å². The smallest absolute Gasteiger partial charge is 0.128 e. The fourth-order valence-corrected chi connectivity index (χ4v) is 1.98. The van der Waals surface area contributed by atoms with Crippen LogP contribution in [0.15, 0.2) is 12.1 Å². The summed E-state index contributed by atoms with van der Waals surface area (Å²) in [6, 6.07) is 4.13. The molecule has 1 rings (SSSR count). The molecule has 0 aliphatic carbocycles. The molecule has 0 saturated heterocycles. The third-order valence-electron chi connectivity index (χ3n) is 2.91. The van der Waals surface area contributed by atoms with Gasteiger partial charge in [0, 0.05) is 12.1 Å². The normalized spacial score (nSPS) is 10.7. The first-order valence-electron chi connectivity index (χ1n) is 6.01. The molecule has 0 amide bonds. The van der Waals surface area contributed by atoms with E-state index in [9.17, 15) is 0 Å². The Bertz CT molecular complexity index is 361. The van der Waals surface area contributed by atoms with Crippen LogP contribution in [-0.4, -0.2) is 39.8 Å². The van der Waals surface area contributed by atoms with E-state index >= 15 is 0 Å². The Balaban J connectivity index is 3.05. The zero-order chi connectivity index (χ0) is 12.8. The molecule has 0 bridgehead atoms. The van der Waals surface area contributed by atoms with Gasteiger partial charge in [0.2, 0.25) is 0 Å². The van der Waals surface area contributed by atoms with Crippen LogP contribution in [0.2, 0.25) is 0 Å². The summed E-state index contributed by atoms with van der Waals surface area (Å²) in [6.07, 6.45) is 1.91. The van der Waals surface area contributed by atoms with Crippen LogP contribution in [0.3, 0.4) is 0 Å². The molecule has 3 heteroatoms. The number of hydrogen-bond acceptors (Lipinski definition) is 3. The molecule has 0 aliphatic rings.